The van der Waals surface area contributed by atoms with Gasteiger partial charge in [-0.25, -0.2) is 4.39 Å². The predicted molar refractivity (Wildman–Crippen MR) is 75.3 cm³/mol. The van der Waals surface area contributed by atoms with Crippen molar-refractivity contribution >= 4 is 23.4 Å². The summed E-state index contributed by atoms with van der Waals surface area (Å²) in [4.78, 5) is 0.611. The molecule has 0 radical (unpaired) electrons. The van der Waals surface area contributed by atoms with Crippen molar-refractivity contribution in [3.8, 4) is 0 Å². The van der Waals surface area contributed by atoms with Crippen LogP contribution in [0, 0.1) is 5.82 Å². The van der Waals surface area contributed by atoms with E-state index >= 15 is 0 Å². The largest absolute Gasteiger partial charge is 0.326 e. The second-order valence-corrected chi connectivity index (χ2v) is 5.21. The molecule has 1 nitrogen and oxygen atoms in total. The van der Waals surface area contributed by atoms with Gasteiger partial charge in [0.1, 0.15) is 5.82 Å². The van der Waals surface area contributed by atoms with Crippen LogP contribution in [0.25, 0.3) is 0 Å². The SMILES string of the molecule is NCc1cccc(F)c1SCc1ccccc1Cl. The summed E-state index contributed by atoms with van der Waals surface area (Å²) in [6.07, 6.45) is 0. The van der Waals surface area contributed by atoms with Crippen LogP contribution in [0.1, 0.15) is 11.1 Å². The second-order valence-electron chi connectivity index (χ2n) is 3.81. The molecule has 2 aromatic rings. The number of nitrogens with two attached hydrogens (primary N) is 1. The highest BCUT2D eigenvalue weighted by atomic mass is 35.5. The fraction of sp³-hybridized carbons (Fsp3) is 0.143. The molecule has 0 aliphatic rings. The molecule has 0 amide bonds. The highest BCUT2D eigenvalue weighted by molar-refractivity contribution is 7.98. The van der Waals surface area contributed by atoms with Gasteiger partial charge in [0.05, 0.1) is 0 Å². The normalized spacial score (nSPS) is 10.6. The summed E-state index contributed by atoms with van der Waals surface area (Å²) in [5, 5.41) is 0.704. The van der Waals surface area contributed by atoms with Gasteiger partial charge in [0.15, 0.2) is 0 Å². The fourth-order valence-electron chi connectivity index (χ4n) is 1.64. The van der Waals surface area contributed by atoms with Crippen molar-refractivity contribution in [1.82, 2.24) is 0 Å². The van der Waals surface area contributed by atoms with E-state index in [0.717, 1.165) is 11.1 Å². The maximum Gasteiger partial charge on any atom is 0.137 e. The van der Waals surface area contributed by atoms with Crippen LogP contribution < -0.4 is 5.73 Å². The third-order valence-corrected chi connectivity index (χ3v) is 4.17. The zero-order valence-corrected chi connectivity index (χ0v) is 11.3. The smallest absolute Gasteiger partial charge is 0.137 e. The van der Waals surface area contributed by atoms with Crippen molar-refractivity contribution in [2.75, 3.05) is 0 Å². The van der Waals surface area contributed by atoms with Crippen molar-refractivity contribution in [2.24, 2.45) is 5.73 Å². The molecule has 0 heterocycles. The van der Waals surface area contributed by atoms with Crippen LogP contribution in [-0.4, -0.2) is 0 Å². The molecule has 0 saturated carbocycles. The van der Waals surface area contributed by atoms with Gasteiger partial charge in [0.2, 0.25) is 0 Å². The van der Waals surface area contributed by atoms with E-state index in [0.29, 0.717) is 22.2 Å². The summed E-state index contributed by atoms with van der Waals surface area (Å²) in [5.74, 6) is 0.406. The summed E-state index contributed by atoms with van der Waals surface area (Å²) < 4.78 is 13.7. The average molecular weight is 282 g/mol. The molecule has 0 aromatic heterocycles. The second kappa shape index (κ2) is 6.23. The minimum atomic E-state index is -0.227. The molecule has 0 spiro atoms. The maximum atomic E-state index is 13.7. The Morgan fingerprint density at radius 1 is 1.06 bits per heavy atom. The van der Waals surface area contributed by atoms with E-state index in [-0.39, 0.29) is 5.82 Å². The zero-order valence-electron chi connectivity index (χ0n) is 9.70. The molecule has 0 aliphatic heterocycles. The first kappa shape index (κ1) is 13.4. The van der Waals surface area contributed by atoms with Gasteiger partial charge in [-0.3, -0.25) is 0 Å². The molecule has 0 unspecified atom stereocenters. The van der Waals surface area contributed by atoms with Crippen LogP contribution in [-0.2, 0) is 12.3 Å². The molecule has 0 atom stereocenters. The van der Waals surface area contributed by atoms with Crippen LogP contribution in [0.15, 0.2) is 47.4 Å². The molecular weight excluding hydrogens is 269 g/mol. The molecule has 18 heavy (non-hydrogen) atoms. The van der Waals surface area contributed by atoms with Gasteiger partial charge < -0.3 is 5.73 Å². The van der Waals surface area contributed by atoms with Crippen molar-refractivity contribution in [2.45, 2.75) is 17.2 Å². The Morgan fingerprint density at radius 3 is 2.50 bits per heavy atom. The summed E-state index contributed by atoms with van der Waals surface area (Å²) >= 11 is 7.50. The molecule has 2 rings (SSSR count). The summed E-state index contributed by atoms with van der Waals surface area (Å²) in [6, 6.07) is 12.6. The Balaban J connectivity index is 2.18. The number of thioether (sulfide) groups is 1. The number of hydrogen-bond donors (Lipinski definition) is 1. The van der Waals surface area contributed by atoms with E-state index in [1.54, 1.807) is 6.07 Å². The predicted octanol–water partition coefficient (Wildman–Crippen LogP) is 4.23. The summed E-state index contributed by atoms with van der Waals surface area (Å²) in [7, 11) is 0. The van der Waals surface area contributed by atoms with E-state index in [9.17, 15) is 4.39 Å². The lowest BCUT2D eigenvalue weighted by molar-refractivity contribution is 0.597. The third-order valence-electron chi connectivity index (χ3n) is 2.60. The van der Waals surface area contributed by atoms with Crippen LogP contribution in [0.4, 0.5) is 4.39 Å². The van der Waals surface area contributed by atoms with Gasteiger partial charge in [-0.15, -0.1) is 11.8 Å². The molecule has 94 valence electrons. The summed E-state index contributed by atoms with van der Waals surface area (Å²) in [5.41, 5.74) is 7.43. The first-order valence-electron chi connectivity index (χ1n) is 5.56. The number of hydrogen-bond acceptors (Lipinski definition) is 2. The van der Waals surface area contributed by atoms with E-state index in [4.69, 9.17) is 17.3 Å². The Morgan fingerprint density at radius 2 is 1.78 bits per heavy atom. The molecule has 2 N–H and O–H groups in total. The number of halogens is 2. The van der Waals surface area contributed by atoms with Gasteiger partial charge in [-0.05, 0) is 23.3 Å². The van der Waals surface area contributed by atoms with Crippen molar-refractivity contribution in [3.05, 3.63) is 64.4 Å². The molecule has 0 saturated heterocycles. The van der Waals surface area contributed by atoms with Gasteiger partial charge in [-0.2, -0.15) is 0 Å². The van der Waals surface area contributed by atoms with Gasteiger partial charge >= 0.3 is 0 Å². The van der Waals surface area contributed by atoms with Crippen LogP contribution >= 0.6 is 23.4 Å². The standard InChI is InChI=1S/C14H13ClFNS/c15-12-6-2-1-4-11(12)9-18-14-10(8-17)5-3-7-13(14)16/h1-7H,8-9,17H2. The zero-order chi connectivity index (χ0) is 13.0. The van der Waals surface area contributed by atoms with Crippen molar-refractivity contribution in [1.29, 1.82) is 0 Å². The maximum absolute atomic E-state index is 13.7. The minimum absolute atomic E-state index is 0.227. The number of benzene rings is 2. The molecule has 0 fully saturated rings. The van der Waals surface area contributed by atoms with Crippen LogP contribution in [0.2, 0.25) is 5.02 Å². The highest BCUT2D eigenvalue weighted by Gasteiger charge is 2.09. The molecule has 0 aliphatic carbocycles. The topological polar surface area (TPSA) is 26.0 Å². The lowest BCUT2D eigenvalue weighted by Gasteiger charge is -2.09. The monoisotopic (exact) mass is 281 g/mol. The lowest BCUT2D eigenvalue weighted by atomic mass is 10.2. The van der Waals surface area contributed by atoms with Gasteiger partial charge in [0.25, 0.3) is 0 Å². The Kier molecular flexibility index (Phi) is 4.64. The van der Waals surface area contributed by atoms with Gasteiger partial charge in [-0.1, -0.05) is 41.9 Å². The van der Waals surface area contributed by atoms with Crippen molar-refractivity contribution < 1.29 is 4.39 Å². The molecule has 2 aromatic carbocycles. The quantitative estimate of drug-likeness (QED) is 0.849. The average Bonchev–Trinajstić information content (AvgIpc) is 2.39. The Bertz CT molecular complexity index is 545. The third kappa shape index (κ3) is 3.05. The van der Waals surface area contributed by atoms with E-state index in [2.05, 4.69) is 0 Å². The van der Waals surface area contributed by atoms with E-state index < -0.39 is 0 Å². The first-order valence-corrected chi connectivity index (χ1v) is 6.92. The Hall–Kier alpha value is -1.03. The lowest BCUT2D eigenvalue weighted by Crippen LogP contribution is -2.00. The summed E-state index contributed by atoms with van der Waals surface area (Å²) in [6.45, 7) is 0.336. The van der Waals surface area contributed by atoms with Crippen molar-refractivity contribution in [3.63, 3.8) is 0 Å². The number of rotatable bonds is 4. The molecular formula is C14H13ClFNS. The van der Waals surface area contributed by atoms with Crippen LogP contribution in [0.5, 0.6) is 0 Å². The van der Waals surface area contributed by atoms with E-state index in [1.165, 1.54) is 17.8 Å². The molecule has 4 heteroatoms. The Labute approximate surface area is 115 Å². The minimum Gasteiger partial charge on any atom is -0.326 e. The van der Waals surface area contributed by atoms with Gasteiger partial charge in [0, 0.05) is 22.2 Å². The van der Waals surface area contributed by atoms with Crippen LogP contribution in [0.3, 0.4) is 0 Å². The van der Waals surface area contributed by atoms with E-state index in [1.807, 2.05) is 30.3 Å². The molecule has 0 bridgehead atoms. The first-order chi connectivity index (χ1) is 8.72. The fourth-order valence-corrected chi connectivity index (χ4v) is 3.02. The highest BCUT2D eigenvalue weighted by Crippen LogP contribution is 2.30.